The van der Waals surface area contributed by atoms with Gasteiger partial charge in [0.15, 0.2) is 0 Å². The monoisotopic (exact) mass is 281 g/mol. The van der Waals surface area contributed by atoms with Gasteiger partial charge in [0.1, 0.15) is 5.75 Å². The fraction of sp³-hybridized carbons (Fsp3) is 0.625. The minimum Gasteiger partial charge on any atom is -0.495 e. The highest BCUT2D eigenvalue weighted by atomic mass is 35.5. The van der Waals surface area contributed by atoms with Gasteiger partial charge in [-0.1, -0.05) is 37.4 Å². The third kappa shape index (κ3) is 3.24. The fourth-order valence-electron chi connectivity index (χ4n) is 3.29. The lowest BCUT2D eigenvalue weighted by Gasteiger charge is -2.36. The van der Waals surface area contributed by atoms with Crippen molar-refractivity contribution < 1.29 is 4.74 Å². The van der Waals surface area contributed by atoms with Crippen LogP contribution in [0.1, 0.15) is 44.1 Å². The predicted molar refractivity (Wildman–Crippen MR) is 80.9 cm³/mol. The van der Waals surface area contributed by atoms with E-state index in [9.17, 15) is 0 Å². The second-order valence-electron chi connectivity index (χ2n) is 5.58. The SMILES string of the molecule is CCC1CCC(CN)C(c2ccc(Cl)c(OC)c2)C1. The van der Waals surface area contributed by atoms with Gasteiger partial charge in [-0.05, 0) is 54.8 Å². The minimum atomic E-state index is 0.551. The molecule has 1 saturated carbocycles. The maximum absolute atomic E-state index is 6.11. The summed E-state index contributed by atoms with van der Waals surface area (Å²) in [7, 11) is 1.67. The van der Waals surface area contributed by atoms with Crippen LogP contribution in [0.3, 0.4) is 0 Å². The van der Waals surface area contributed by atoms with Crippen molar-refractivity contribution in [2.45, 2.75) is 38.5 Å². The Morgan fingerprint density at radius 3 is 2.79 bits per heavy atom. The summed E-state index contributed by atoms with van der Waals surface area (Å²) >= 11 is 6.11. The van der Waals surface area contributed by atoms with Crippen molar-refractivity contribution >= 4 is 11.6 Å². The van der Waals surface area contributed by atoms with Crippen LogP contribution >= 0.6 is 11.6 Å². The van der Waals surface area contributed by atoms with E-state index in [1.807, 2.05) is 6.07 Å². The quantitative estimate of drug-likeness (QED) is 0.897. The lowest BCUT2D eigenvalue weighted by atomic mass is 9.70. The summed E-state index contributed by atoms with van der Waals surface area (Å²) in [6.45, 7) is 3.05. The summed E-state index contributed by atoms with van der Waals surface area (Å²) in [5.74, 6) is 2.74. The van der Waals surface area contributed by atoms with Crippen molar-refractivity contribution in [3.8, 4) is 5.75 Å². The van der Waals surface area contributed by atoms with Crippen LogP contribution in [0.2, 0.25) is 5.02 Å². The second-order valence-corrected chi connectivity index (χ2v) is 5.99. The van der Waals surface area contributed by atoms with E-state index in [0.29, 0.717) is 16.9 Å². The lowest BCUT2D eigenvalue weighted by molar-refractivity contribution is 0.235. The topological polar surface area (TPSA) is 35.2 Å². The molecule has 1 aliphatic rings. The van der Waals surface area contributed by atoms with E-state index in [1.54, 1.807) is 7.11 Å². The lowest BCUT2D eigenvalue weighted by Crippen LogP contribution is -2.28. The Morgan fingerprint density at radius 2 is 2.16 bits per heavy atom. The van der Waals surface area contributed by atoms with Crippen molar-refractivity contribution in [2.75, 3.05) is 13.7 Å². The van der Waals surface area contributed by atoms with E-state index < -0.39 is 0 Å². The van der Waals surface area contributed by atoms with Crippen LogP contribution in [-0.2, 0) is 0 Å². The average Bonchev–Trinajstić information content (AvgIpc) is 2.47. The standard InChI is InChI=1S/C16H24ClNO/c1-3-11-4-5-13(10-18)14(8-11)12-6-7-15(17)16(9-12)19-2/h6-7,9,11,13-14H,3-5,8,10,18H2,1-2H3. The van der Waals surface area contributed by atoms with Crippen molar-refractivity contribution in [3.63, 3.8) is 0 Å². The molecule has 0 bridgehead atoms. The number of hydrogen-bond donors (Lipinski definition) is 1. The number of nitrogens with two attached hydrogens (primary N) is 1. The van der Waals surface area contributed by atoms with E-state index in [2.05, 4.69) is 19.1 Å². The van der Waals surface area contributed by atoms with Crippen LogP contribution in [0, 0.1) is 11.8 Å². The maximum Gasteiger partial charge on any atom is 0.137 e. The van der Waals surface area contributed by atoms with Crippen molar-refractivity contribution in [1.29, 1.82) is 0 Å². The van der Waals surface area contributed by atoms with Gasteiger partial charge < -0.3 is 10.5 Å². The first-order valence-electron chi connectivity index (χ1n) is 7.23. The third-order valence-corrected chi connectivity index (χ3v) is 4.90. The van der Waals surface area contributed by atoms with Crippen LogP contribution < -0.4 is 10.5 Å². The van der Waals surface area contributed by atoms with Gasteiger partial charge in [-0.3, -0.25) is 0 Å². The molecule has 0 radical (unpaired) electrons. The van der Waals surface area contributed by atoms with Gasteiger partial charge in [0.25, 0.3) is 0 Å². The van der Waals surface area contributed by atoms with Crippen LogP contribution in [0.5, 0.6) is 5.75 Å². The molecule has 1 aromatic rings. The summed E-state index contributed by atoms with van der Waals surface area (Å²) in [6, 6.07) is 6.17. The molecule has 2 nitrogen and oxygen atoms in total. The minimum absolute atomic E-state index is 0.551. The Bertz CT molecular complexity index is 421. The van der Waals surface area contributed by atoms with Crippen LogP contribution in [0.25, 0.3) is 0 Å². The summed E-state index contributed by atoms with van der Waals surface area (Å²) in [5.41, 5.74) is 7.29. The highest BCUT2D eigenvalue weighted by molar-refractivity contribution is 6.32. The largest absolute Gasteiger partial charge is 0.495 e. The molecule has 3 atom stereocenters. The molecule has 3 unspecified atom stereocenters. The van der Waals surface area contributed by atoms with Gasteiger partial charge in [0.05, 0.1) is 12.1 Å². The Labute approximate surface area is 121 Å². The summed E-state index contributed by atoms with van der Waals surface area (Å²) in [6.07, 6.45) is 5.06. The molecule has 2 N–H and O–H groups in total. The molecule has 0 amide bonds. The van der Waals surface area contributed by atoms with E-state index in [1.165, 1.54) is 31.2 Å². The molecular formula is C16H24ClNO. The molecule has 0 saturated heterocycles. The molecule has 1 aliphatic carbocycles. The number of benzene rings is 1. The summed E-state index contributed by atoms with van der Waals surface area (Å²) < 4.78 is 5.34. The molecule has 2 rings (SSSR count). The first-order valence-corrected chi connectivity index (χ1v) is 7.60. The van der Waals surface area contributed by atoms with Gasteiger partial charge in [0.2, 0.25) is 0 Å². The van der Waals surface area contributed by atoms with Crippen molar-refractivity contribution in [2.24, 2.45) is 17.6 Å². The molecule has 106 valence electrons. The predicted octanol–water partition coefficient (Wildman–Crippen LogP) is 4.22. The highest BCUT2D eigenvalue weighted by Crippen LogP contribution is 2.42. The first-order chi connectivity index (χ1) is 9.19. The number of halogens is 1. The molecule has 1 fully saturated rings. The molecule has 0 aromatic heterocycles. The van der Waals surface area contributed by atoms with Crippen LogP contribution in [0.15, 0.2) is 18.2 Å². The molecule has 1 aromatic carbocycles. The zero-order valence-corrected chi connectivity index (χ0v) is 12.6. The third-order valence-electron chi connectivity index (χ3n) is 4.59. The smallest absolute Gasteiger partial charge is 0.137 e. The van der Waals surface area contributed by atoms with E-state index >= 15 is 0 Å². The van der Waals surface area contributed by atoms with Gasteiger partial charge in [-0.2, -0.15) is 0 Å². The van der Waals surface area contributed by atoms with E-state index in [0.717, 1.165) is 18.2 Å². The molecule has 0 aliphatic heterocycles. The molecule has 0 spiro atoms. The number of hydrogen-bond acceptors (Lipinski definition) is 2. The van der Waals surface area contributed by atoms with Crippen molar-refractivity contribution in [1.82, 2.24) is 0 Å². The normalized spacial score (nSPS) is 27.3. The Morgan fingerprint density at radius 1 is 1.37 bits per heavy atom. The zero-order valence-electron chi connectivity index (χ0n) is 11.9. The summed E-state index contributed by atoms with van der Waals surface area (Å²) in [4.78, 5) is 0. The van der Waals surface area contributed by atoms with E-state index in [-0.39, 0.29) is 0 Å². The van der Waals surface area contributed by atoms with Gasteiger partial charge >= 0.3 is 0 Å². The number of ether oxygens (including phenoxy) is 1. The van der Waals surface area contributed by atoms with Crippen LogP contribution in [-0.4, -0.2) is 13.7 Å². The summed E-state index contributed by atoms with van der Waals surface area (Å²) in [5, 5.41) is 0.679. The van der Waals surface area contributed by atoms with E-state index in [4.69, 9.17) is 22.1 Å². The van der Waals surface area contributed by atoms with Gasteiger partial charge in [-0.15, -0.1) is 0 Å². The average molecular weight is 282 g/mol. The number of methoxy groups -OCH3 is 1. The van der Waals surface area contributed by atoms with Crippen LogP contribution in [0.4, 0.5) is 0 Å². The van der Waals surface area contributed by atoms with Gasteiger partial charge in [0, 0.05) is 0 Å². The molecular weight excluding hydrogens is 258 g/mol. The molecule has 3 heteroatoms. The molecule has 0 heterocycles. The first kappa shape index (κ1) is 14.7. The second kappa shape index (κ2) is 6.62. The molecule has 19 heavy (non-hydrogen) atoms. The maximum atomic E-state index is 6.11. The number of rotatable bonds is 4. The van der Waals surface area contributed by atoms with Gasteiger partial charge in [-0.25, -0.2) is 0 Å². The fourth-order valence-corrected chi connectivity index (χ4v) is 3.48. The Balaban J connectivity index is 2.25. The Hall–Kier alpha value is -0.730. The van der Waals surface area contributed by atoms with Crippen molar-refractivity contribution in [3.05, 3.63) is 28.8 Å². The highest BCUT2D eigenvalue weighted by Gasteiger charge is 2.30. The Kier molecular flexibility index (Phi) is 5.12. The zero-order chi connectivity index (χ0) is 13.8.